The SMILES string of the molecule is CN(c1ccccc1)c1nc(N)nc(-c2noc(C3CCNC3)n2)n1. The first-order valence-corrected chi connectivity index (χ1v) is 8.06. The second kappa shape index (κ2) is 6.44. The summed E-state index contributed by atoms with van der Waals surface area (Å²) in [5.74, 6) is 1.97. The van der Waals surface area contributed by atoms with Gasteiger partial charge >= 0.3 is 0 Å². The monoisotopic (exact) mass is 338 g/mol. The molecule has 1 aliphatic heterocycles. The van der Waals surface area contributed by atoms with Crippen LogP contribution in [0.25, 0.3) is 11.6 Å². The minimum absolute atomic E-state index is 0.108. The van der Waals surface area contributed by atoms with Gasteiger partial charge in [0.25, 0.3) is 0 Å². The Hall–Kier alpha value is -3.07. The van der Waals surface area contributed by atoms with Crippen LogP contribution in [0.4, 0.5) is 17.6 Å². The molecule has 4 rings (SSSR count). The molecule has 0 spiro atoms. The molecule has 3 N–H and O–H groups in total. The van der Waals surface area contributed by atoms with Gasteiger partial charge in [-0.15, -0.1) is 0 Å². The van der Waals surface area contributed by atoms with Crippen LogP contribution in [0.2, 0.25) is 0 Å². The molecule has 128 valence electrons. The molecule has 25 heavy (non-hydrogen) atoms. The van der Waals surface area contributed by atoms with E-state index in [1.54, 1.807) is 0 Å². The molecule has 2 aromatic heterocycles. The van der Waals surface area contributed by atoms with E-state index in [0.29, 0.717) is 23.5 Å². The number of nitrogens with one attached hydrogen (secondary N) is 1. The van der Waals surface area contributed by atoms with Crippen molar-refractivity contribution in [3.05, 3.63) is 36.2 Å². The molecule has 1 fully saturated rings. The second-order valence-electron chi connectivity index (χ2n) is 5.86. The van der Waals surface area contributed by atoms with Crippen LogP contribution in [0.1, 0.15) is 18.2 Å². The Morgan fingerprint density at radius 2 is 1.96 bits per heavy atom. The van der Waals surface area contributed by atoms with Gasteiger partial charge in [0.1, 0.15) is 0 Å². The van der Waals surface area contributed by atoms with Crippen LogP contribution in [0.5, 0.6) is 0 Å². The number of nitrogen functional groups attached to an aromatic ring is 1. The van der Waals surface area contributed by atoms with E-state index in [9.17, 15) is 0 Å². The molecule has 3 aromatic rings. The Bertz CT molecular complexity index is 860. The van der Waals surface area contributed by atoms with E-state index < -0.39 is 0 Å². The average Bonchev–Trinajstić information content (AvgIpc) is 3.32. The lowest BCUT2D eigenvalue weighted by Gasteiger charge is -2.17. The van der Waals surface area contributed by atoms with Crippen LogP contribution in [0, 0.1) is 0 Å². The highest BCUT2D eigenvalue weighted by Gasteiger charge is 2.24. The van der Waals surface area contributed by atoms with E-state index in [2.05, 4.69) is 30.4 Å². The van der Waals surface area contributed by atoms with Gasteiger partial charge in [-0.3, -0.25) is 0 Å². The molecule has 1 saturated heterocycles. The van der Waals surface area contributed by atoms with Gasteiger partial charge in [-0.05, 0) is 25.1 Å². The summed E-state index contributed by atoms with van der Waals surface area (Å²) >= 11 is 0. The van der Waals surface area contributed by atoms with Gasteiger partial charge in [0, 0.05) is 19.3 Å². The zero-order valence-electron chi connectivity index (χ0n) is 13.8. The van der Waals surface area contributed by atoms with E-state index in [4.69, 9.17) is 10.3 Å². The third-order valence-corrected chi connectivity index (χ3v) is 4.14. The maximum Gasteiger partial charge on any atom is 0.240 e. The van der Waals surface area contributed by atoms with E-state index in [0.717, 1.165) is 25.2 Å². The molecule has 3 heterocycles. The standard InChI is InChI=1S/C16H18N8O/c1-24(11-5-3-2-4-6-11)16-21-12(20-15(17)22-16)13-19-14(25-23-13)10-7-8-18-9-10/h2-6,10,18H,7-9H2,1H3,(H2,17,20,21,22). The van der Waals surface area contributed by atoms with Gasteiger partial charge in [0.15, 0.2) is 0 Å². The van der Waals surface area contributed by atoms with E-state index >= 15 is 0 Å². The lowest BCUT2D eigenvalue weighted by atomic mass is 10.1. The van der Waals surface area contributed by atoms with Crippen LogP contribution in [0.15, 0.2) is 34.9 Å². The van der Waals surface area contributed by atoms with Crippen molar-refractivity contribution >= 4 is 17.6 Å². The number of aromatic nitrogens is 5. The quantitative estimate of drug-likeness (QED) is 0.726. The minimum atomic E-state index is 0.108. The van der Waals surface area contributed by atoms with Gasteiger partial charge in [-0.25, -0.2) is 0 Å². The normalized spacial score (nSPS) is 16.9. The fourth-order valence-corrected chi connectivity index (χ4v) is 2.76. The van der Waals surface area contributed by atoms with Crippen LogP contribution < -0.4 is 16.0 Å². The van der Waals surface area contributed by atoms with Crippen molar-refractivity contribution in [3.63, 3.8) is 0 Å². The van der Waals surface area contributed by atoms with Gasteiger partial charge < -0.3 is 20.5 Å². The summed E-state index contributed by atoms with van der Waals surface area (Å²) in [5.41, 5.74) is 6.79. The summed E-state index contributed by atoms with van der Waals surface area (Å²) in [6.07, 6.45) is 0.975. The molecule has 1 atom stereocenters. The van der Waals surface area contributed by atoms with Gasteiger partial charge in [0.05, 0.1) is 5.92 Å². The highest BCUT2D eigenvalue weighted by Crippen LogP contribution is 2.25. The van der Waals surface area contributed by atoms with Gasteiger partial charge in [-0.2, -0.15) is 19.9 Å². The van der Waals surface area contributed by atoms with Crippen LogP contribution >= 0.6 is 0 Å². The smallest absolute Gasteiger partial charge is 0.240 e. The molecule has 0 aliphatic carbocycles. The predicted molar refractivity (Wildman–Crippen MR) is 92.3 cm³/mol. The maximum atomic E-state index is 5.86. The molecule has 1 aliphatic rings. The highest BCUT2D eigenvalue weighted by atomic mass is 16.5. The number of nitrogens with zero attached hydrogens (tertiary/aromatic N) is 6. The first-order valence-electron chi connectivity index (χ1n) is 8.06. The number of hydrogen-bond donors (Lipinski definition) is 2. The number of rotatable bonds is 4. The lowest BCUT2D eigenvalue weighted by molar-refractivity contribution is 0.359. The fraction of sp³-hybridized carbons (Fsp3) is 0.312. The second-order valence-corrected chi connectivity index (χ2v) is 5.86. The number of benzene rings is 1. The Balaban J connectivity index is 1.65. The molecule has 0 amide bonds. The molecular weight excluding hydrogens is 320 g/mol. The largest absolute Gasteiger partial charge is 0.368 e. The topological polar surface area (TPSA) is 119 Å². The van der Waals surface area contributed by atoms with Gasteiger partial charge in [0.2, 0.25) is 29.4 Å². The van der Waals surface area contributed by atoms with Gasteiger partial charge in [-0.1, -0.05) is 23.4 Å². The minimum Gasteiger partial charge on any atom is -0.368 e. The predicted octanol–water partition coefficient (Wildman–Crippen LogP) is 1.35. The zero-order valence-corrected chi connectivity index (χ0v) is 13.8. The van der Waals surface area contributed by atoms with Crippen LogP contribution in [0.3, 0.4) is 0 Å². The third-order valence-electron chi connectivity index (χ3n) is 4.14. The van der Waals surface area contributed by atoms with E-state index in [1.165, 1.54) is 0 Å². The third kappa shape index (κ3) is 3.13. The molecule has 9 heteroatoms. The summed E-state index contributed by atoms with van der Waals surface area (Å²) in [6, 6.07) is 9.75. The summed E-state index contributed by atoms with van der Waals surface area (Å²) in [6.45, 7) is 1.79. The Labute approximate surface area is 144 Å². The number of anilines is 3. The molecule has 0 bridgehead atoms. The molecular formula is C16H18N8O. The molecule has 9 nitrogen and oxygen atoms in total. The number of nitrogens with two attached hydrogens (primary N) is 1. The van der Waals surface area contributed by atoms with Crippen molar-refractivity contribution in [2.45, 2.75) is 12.3 Å². The van der Waals surface area contributed by atoms with Crippen LogP contribution in [-0.4, -0.2) is 45.2 Å². The first-order chi connectivity index (χ1) is 12.2. The highest BCUT2D eigenvalue weighted by molar-refractivity contribution is 5.58. The van der Waals surface area contributed by atoms with Crippen molar-refractivity contribution in [3.8, 4) is 11.6 Å². The van der Waals surface area contributed by atoms with Crippen molar-refractivity contribution in [2.75, 3.05) is 30.8 Å². The van der Waals surface area contributed by atoms with E-state index in [-0.39, 0.29) is 11.9 Å². The fourth-order valence-electron chi connectivity index (χ4n) is 2.76. The van der Waals surface area contributed by atoms with Crippen molar-refractivity contribution in [2.24, 2.45) is 0 Å². The molecule has 1 aromatic carbocycles. The Kier molecular flexibility index (Phi) is 3.98. The van der Waals surface area contributed by atoms with E-state index in [1.807, 2.05) is 42.3 Å². The molecule has 0 saturated carbocycles. The number of para-hydroxylation sites is 1. The van der Waals surface area contributed by atoms with Crippen molar-refractivity contribution < 1.29 is 4.52 Å². The van der Waals surface area contributed by atoms with Crippen LogP contribution in [-0.2, 0) is 0 Å². The van der Waals surface area contributed by atoms with Crippen molar-refractivity contribution in [1.29, 1.82) is 0 Å². The zero-order chi connectivity index (χ0) is 17.2. The Morgan fingerprint density at radius 3 is 2.72 bits per heavy atom. The lowest BCUT2D eigenvalue weighted by Crippen LogP contribution is -2.15. The summed E-state index contributed by atoms with van der Waals surface area (Å²) in [7, 11) is 1.86. The Morgan fingerprint density at radius 1 is 1.12 bits per heavy atom. The first kappa shape index (κ1) is 15.5. The summed E-state index contributed by atoms with van der Waals surface area (Å²) in [4.78, 5) is 19.1. The summed E-state index contributed by atoms with van der Waals surface area (Å²) in [5, 5.41) is 7.28. The average molecular weight is 338 g/mol. The molecule has 1 unspecified atom stereocenters. The molecule has 0 radical (unpaired) electrons. The summed E-state index contributed by atoms with van der Waals surface area (Å²) < 4.78 is 5.37. The van der Waals surface area contributed by atoms with Crippen molar-refractivity contribution in [1.82, 2.24) is 30.4 Å². The maximum absolute atomic E-state index is 5.86. The number of hydrogen-bond acceptors (Lipinski definition) is 9.